The van der Waals surface area contributed by atoms with Crippen molar-refractivity contribution >= 4 is 5.78 Å². The summed E-state index contributed by atoms with van der Waals surface area (Å²) in [4.78, 5) is 14.4. The van der Waals surface area contributed by atoms with Crippen LogP contribution in [0.4, 0.5) is 0 Å². The predicted octanol–water partition coefficient (Wildman–Crippen LogP) is 3.77. The molecule has 0 fully saturated rings. The highest BCUT2D eigenvalue weighted by Gasteiger charge is 2.11. The molecule has 0 spiro atoms. The van der Waals surface area contributed by atoms with Gasteiger partial charge in [0.05, 0.1) is 0 Å². The number of benzene rings is 1. The van der Waals surface area contributed by atoms with Crippen LogP contribution in [0.5, 0.6) is 0 Å². The molecule has 2 heteroatoms. The van der Waals surface area contributed by atoms with Gasteiger partial charge in [0.15, 0.2) is 5.78 Å². The second-order valence-electron chi connectivity index (χ2n) is 4.78. The highest BCUT2D eigenvalue weighted by molar-refractivity contribution is 5.95. The van der Waals surface area contributed by atoms with E-state index in [-0.39, 0.29) is 5.78 Å². The van der Waals surface area contributed by atoms with E-state index in [1.54, 1.807) is 0 Å². The van der Waals surface area contributed by atoms with Crippen LogP contribution in [0.1, 0.15) is 50.4 Å². The summed E-state index contributed by atoms with van der Waals surface area (Å²) < 4.78 is 0. The molecule has 0 radical (unpaired) electrons. The SMILES string of the molecule is CCC(C)N(CC)CCCC(=O)c1ccccc1. The van der Waals surface area contributed by atoms with E-state index in [1.165, 1.54) is 6.42 Å². The fraction of sp³-hybridized carbons (Fsp3) is 0.562. The number of ketones is 1. The second-order valence-corrected chi connectivity index (χ2v) is 4.78. The maximum Gasteiger partial charge on any atom is 0.162 e. The summed E-state index contributed by atoms with van der Waals surface area (Å²) in [6, 6.07) is 10.2. The van der Waals surface area contributed by atoms with E-state index in [0.717, 1.165) is 25.1 Å². The smallest absolute Gasteiger partial charge is 0.162 e. The Morgan fingerprint density at radius 2 is 1.89 bits per heavy atom. The normalized spacial score (nSPS) is 12.7. The Morgan fingerprint density at radius 1 is 1.22 bits per heavy atom. The minimum absolute atomic E-state index is 0.260. The molecule has 1 aromatic rings. The van der Waals surface area contributed by atoms with Crippen molar-refractivity contribution in [3.63, 3.8) is 0 Å². The quantitative estimate of drug-likeness (QED) is 0.652. The topological polar surface area (TPSA) is 20.3 Å². The minimum Gasteiger partial charge on any atom is -0.301 e. The highest BCUT2D eigenvalue weighted by Crippen LogP contribution is 2.08. The molecule has 0 saturated carbocycles. The first-order valence-corrected chi connectivity index (χ1v) is 7.01. The molecule has 0 amide bonds. The number of Topliss-reactive ketones (excluding diaryl/α,β-unsaturated/α-hetero) is 1. The molecule has 0 aliphatic rings. The maximum absolute atomic E-state index is 11.9. The fourth-order valence-electron chi connectivity index (χ4n) is 2.16. The third-order valence-corrected chi connectivity index (χ3v) is 3.57. The maximum atomic E-state index is 11.9. The van der Waals surface area contributed by atoms with Gasteiger partial charge < -0.3 is 4.90 Å². The van der Waals surface area contributed by atoms with Crippen LogP contribution in [0, 0.1) is 0 Å². The second kappa shape index (κ2) is 8.04. The summed E-state index contributed by atoms with van der Waals surface area (Å²) in [6.45, 7) is 8.73. The Labute approximate surface area is 111 Å². The summed E-state index contributed by atoms with van der Waals surface area (Å²) in [5.74, 6) is 0.260. The molecule has 0 aliphatic heterocycles. The first kappa shape index (κ1) is 14.9. The molecular weight excluding hydrogens is 222 g/mol. The van der Waals surface area contributed by atoms with Crippen molar-refractivity contribution in [3.8, 4) is 0 Å². The molecule has 0 heterocycles. The van der Waals surface area contributed by atoms with Gasteiger partial charge in [-0.15, -0.1) is 0 Å². The zero-order valence-corrected chi connectivity index (χ0v) is 11.9. The average Bonchev–Trinajstić information content (AvgIpc) is 2.43. The van der Waals surface area contributed by atoms with Crippen LogP contribution in [-0.4, -0.2) is 29.8 Å². The predicted molar refractivity (Wildman–Crippen MR) is 77.0 cm³/mol. The van der Waals surface area contributed by atoms with E-state index in [2.05, 4.69) is 25.7 Å². The molecule has 0 saturated heterocycles. The third kappa shape index (κ3) is 4.61. The molecule has 0 N–H and O–H groups in total. The summed E-state index contributed by atoms with van der Waals surface area (Å²) in [5, 5.41) is 0. The Balaban J connectivity index is 2.35. The summed E-state index contributed by atoms with van der Waals surface area (Å²) >= 11 is 0. The van der Waals surface area contributed by atoms with Crippen molar-refractivity contribution in [1.29, 1.82) is 0 Å². The van der Waals surface area contributed by atoms with Crippen molar-refractivity contribution in [1.82, 2.24) is 4.90 Å². The van der Waals surface area contributed by atoms with Crippen LogP contribution < -0.4 is 0 Å². The van der Waals surface area contributed by atoms with Gasteiger partial charge in [0.2, 0.25) is 0 Å². The average molecular weight is 247 g/mol. The van der Waals surface area contributed by atoms with Crippen LogP contribution in [0.3, 0.4) is 0 Å². The van der Waals surface area contributed by atoms with Crippen molar-refractivity contribution in [2.75, 3.05) is 13.1 Å². The van der Waals surface area contributed by atoms with Crippen molar-refractivity contribution in [2.24, 2.45) is 0 Å². The molecule has 1 atom stereocenters. The molecule has 18 heavy (non-hydrogen) atoms. The van der Waals surface area contributed by atoms with E-state index >= 15 is 0 Å². The van der Waals surface area contributed by atoms with Crippen molar-refractivity contribution < 1.29 is 4.79 Å². The Hall–Kier alpha value is -1.15. The molecule has 1 aromatic carbocycles. The van der Waals surface area contributed by atoms with Gasteiger partial charge in [-0.2, -0.15) is 0 Å². The van der Waals surface area contributed by atoms with Crippen LogP contribution in [-0.2, 0) is 0 Å². The molecule has 1 unspecified atom stereocenters. The Kier molecular flexibility index (Phi) is 6.66. The molecule has 100 valence electrons. The number of carbonyl (C=O) groups excluding carboxylic acids is 1. The molecule has 1 rings (SSSR count). The number of rotatable bonds is 8. The van der Waals surface area contributed by atoms with Crippen molar-refractivity contribution in [3.05, 3.63) is 35.9 Å². The van der Waals surface area contributed by atoms with Gasteiger partial charge in [0.25, 0.3) is 0 Å². The molecule has 2 nitrogen and oxygen atoms in total. The van der Waals surface area contributed by atoms with E-state index in [1.807, 2.05) is 30.3 Å². The zero-order valence-electron chi connectivity index (χ0n) is 11.9. The number of hydrogen-bond donors (Lipinski definition) is 0. The van der Waals surface area contributed by atoms with Crippen LogP contribution >= 0.6 is 0 Å². The van der Waals surface area contributed by atoms with E-state index in [4.69, 9.17) is 0 Å². The lowest BCUT2D eigenvalue weighted by molar-refractivity contribution is 0.0971. The van der Waals surface area contributed by atoms with Gasteiger partial charge in [-0.3, -0.25) is 4.79 Å². The Morgan fingerprint density at radius 3 is 2.44 bits per heavy atom. The highest BCUT2D eigenvalue weighted by atomic mass is 16.1. The molecule has 0 aromatic heterocycles. The van der Waals surface area contributed by atoms with Gasteiger partial charge in [-0.25, -0.2) is 0 Å². The van der Waals surface area contributed by atoms with Gasteiger partial charge in [-0.05, 0) is 32.9 Å². The lowest BCUT2D eigenvalue weighted by Gasteiger charge is -2.26. The lowest BCUT2D eigenvalue weighted by atomic mass is 10.1. The standard InChI is InChI=1S/C16H25NO/c1-4-14(3)17(5-2)13-9-12-16(18)15-10-7-6-8-11-15/h6-8,10-11,14H,4-5,9,12-13H2,1-3H3. The van der Waals surface area contributed by atoms with E-state index < -0.39 is 0 Å². The van der Waals surface area contributed by atoms with Gasteiger partial charge in [0, 0.05) is 18.0 Å². The third-order valence-electron chi connectivity index (χ3n) is 3.57. The fourth-order valence-corrected chi connectivity index (χ4v) is 2.16. The summed E-state index contributed by atoms with van der Waals surface area (Å²) in [7, 11) is 0. The zero-order chi connectivity index (χ0) is 13.4. The Bertz CT molecular complexity index is 347. The first-order valence-electron chi connectivity index (χ1n) is 7.01. The van der Waals surface area contributed by atoms with Crippen LogP contribution in [0.15, 0.2) is 30.3 Å². The first-order chi connectivity index (χ1) is 8.69. The van der Waals surface area contributed by atoms with Crippen LogP contribution in [0.2, 0.25) is 0 Å². The summed E-state index contributed by atoms with van der Waals surface area (Å²) in [5.41, 5.74) is 0.837. The van der Waals surface area contributed by atoms with E-state index in [9.17, 15) is 4.79 Å². The monoisotopic (exact) mass is 247 g/mol. The number of carbonyl (C=O) groups is 1. The molecular formula is C16H25NO. The van der Waals surface area contributed by atoms with Crippen molar-refractivity contribution in [2.45, 2.75) is 46.1 Å². The minimum atomic E-state index is 0.260. The van der Waals surface area contributed by atoms with Gasteiger partial charge in [0.1, 0.15) is 0 Å². The number of hydrogen-bond acceptors (Lipinski definition) is 2. The molecule has 0 aliphatic carbocycles. The van der Waals surface area contributed by atoms with Gasteiger partial charge in [-0.1, -0.05) is 44.2 Å². The number of nitrogens with zero attached hydrogens (tertiary/aromatic N) is 1. The van der Waals surface area contributed by atoms with E-state index in [0.29, 0.717) is 12.5 Å². The largest absolute Gasteiger partial charge is 0.301 e. The van der Waals surface area contributed by atoms with Gasteiger partial charge >= 0.3 is 0 Å². The molecule has 0 bridgehead atoms. The van der Waals surface area contributed by atoms with Crippen LogP contribution in [0.25, 0.3) is 0 Å². The lowest BCUT2D eigenvalue weighted by Crippen LogP contribution is -2.33. The summed E-state index contributed by atoms with van der Waals surface area (Å²) in [6.07, 6.45) is 2.77.